The van der Waals surface area contributed by atoms with Gasteiger partial charge < -0.3 is 14.6 Å². The number of halogens is 1. The maximum absolute atomic E-state index is 11.2. The van der Waals surface area contributed by atoms with Crippen LogP contribution < -0.4 is 0 Å². The Bertz CT molecular complexity index is 1670. The van der Waals surface area contributed by atoms with Crippen molar-refractivity contribution in [1.82, 2.24) is 9.47 Å². The molecule has 42 heavy (non-hydrogen) atoms. The average Bonchev–Trinajstić information content (AvgIpc) is 3.29. The lowest BCUT2D eigenvalue weighted by atomic mass is 9.97. The summed E-state index contributed by atoms with van der Waals surface area (Å²) in [6.45, 7) is 1.79. The summed E-state index contributed by atoms with van der Waals surface area (Å²) in [4.78, 5) is 16.5. The predicted octanol–water partition coefficient (Wildman–Crippen LogP) is 8.16. The lowest BCUT2D eigenvalue weighted by molar-refractivity contribution is 0.0697. The second-order valence-electron chi connectivity index (χ2n) is 10.4. The zero-order chi connectivity index (χ0) is 29.5. The smallest absolute Gasteiger partial charge is 0.335 e. The first-order valence-electron chi connectivity index (χ1n) is 13.9. The molecular weight excluding hydrogens is 546 g/mol. The van der Waals surface area contributed by atoms with Gasteiger partial charge in [-0.15, -0.1) is 0 Å². The van der Waals surface area contributed by atoms with Crippen molar-refractivity contribution in [1.29, 1.82) is 0 Å². The Morgan fingerprint density at radius 3 is 2.19 bits per heavy atom. The summed E-state index contributed by atoms with van der Waals surface area (Å²) < 4.78 is 2.39. The highest BCUT2D eigenvalue weighted by Crippen LogP contribution is 2.37. The van der Waals surface area contributed by atoms with E-state index in [-0.39, 0.29) is 11.6 Å². The normalized spacial score (nSPS) is 11.2. The van der Waals surface area contributed by atoms with Crippen LogP contribution in [-0.2, 0) is 19.4 Å². The summed E-state index contributed by atoms with van der Waals surface area (Å²) in [5.41, 5.74) is 16.1. The summed E-state index contributed by atoms with van der Waals surface area (Å²) in [5.74, 6) is -0.928. The van der Waals surface area contributed by atoms with Gasteiger partial charge in [-0.3, -0.25) is 0 Å². The third-order valence-corrected chi connectivity index (χ3v) is 7.82. The number of rotatable bonds is 12. The molecule has 1 heterocycles. The van der Waals surface area contributed by atoms with E-state index < -0.39 is 5.97 Å². The quantitative estimate of drug-likeness (QED) is 0.0920. The Hall–Kier alpha value is -4.55. The fourth-order valence-corrected chi connectivity index (χ4v) is 5.83. The molecule has 4 aromatic carbocycles. The molecule has 0 unspecified atom stereocenters. The van der Waals surface area contributed by atoms with Gasteiger partial charge in [-0.1, -0.05) is 89.5 Å². The maximum Gasteiger partial charge on any atom is 0.335 e. The molecule has 8 heteroatoms. The third kappa shape index (κ3) is 6.50. The highest BCUT2D eigenvalue weighted by Gasteiger charge is 2.25. The van der Waals surface area contributed by atoms with Crippen molar-refractivity contribution in [3.63, 3.8) is 0 Å². The number of azide groups is 1. The molecule has 7 nitrogen and oxygen atoms in total. The fraction of sp³-hybridized carbons (Fsp3) is 0.206. The summed E-state index contributed by atoms with van der Waals surface area (Å²) in [6.07, 6.45) is 1.34. The molecule has 1 N–H and O–H groups in total. The van der Waals surface area contributed by atoms with Gasteiger partial charge in [0.1, 0.15) is 0 Å². The number of carboxylic acid groups (broad SMARTS) is 1. The number of benzene rings is 4. The van der Waals surface area contributed by atoms with Gasteiger partial charge in [0.2, 0.25) is 0 Å². The minimum atomic E-state index is -0.928. The van der Waals surface area contributed by atoms with Crippen LogP contribution in [0.25, 0.3) is 21.3 Å². The number of carbonyl (C=O) groups is 1. The first-order chi connectivity index (χ1) is 20.5. The highest BCUT2D eigenvalue weighted by atomic mass is 35.5. The molecule has 0 aliphatic heterocycles. The SMILES string of the molecule is CN(CCc1c(CCN=[N+]=[N-])n(C(c2ccccc2)c2ccccc2)c2ccc(Cl)cc12)Cc1ccc(C(=O)O)cc1. The van der Waals surface area contributed by atoms with Crippen molar-refractivity contribution in [3.8, 4) is 0 Å². The number of nitrogens with zero attached hydrogens (tertiary/aromatic N) is 5. The van der Waals surface area contributed by atoms with E-state index in [2.05, 4.69) is 81.1 Å². The first kappa shape index (κ1) is 29.0. The van der Waals surface area contributed by atoms with Gasteiger partial charge in [0.15, 0.2) is 0 Å². The van der Waals surface area contributed by atoms with Gasteiger partial charge >= 0.3 is 5.97 Å². The summed E-state index contributed by atoms with van der Waals surface area (Å²) in [7, 11) is 2.06. The van der Waals surface area contributed by atoms with Gasteiger partial charge in [0.25, 0.3) is 0 Å². The number of hydrogen-bond donors (Lipinski definition) is 1. The summed E-state index contributed by atoms with van der Waals surface area (Å²) >= 11 is 6.57. The van der Waals surface area contributed by atoms with E-state index in [0.29, 0.717) is 24.5 Å². The largest absolute Gasteiger partial charge is 0.478 e. The van der Waals surface area contributed by atoms with Crippen molar-refractivity contribution in [3.05, 3.63) is 152 Å². The van der Waals surface area contributed by atoms with Crippen molar-refractivity contribution in [2.24, 2.45) is 5.11 Å². The van der Waals surface area contributed by atoms with Crippen LogP contribution in [0.3, 0.4) is 0 Å². The average molecular weight is 578 g/mol. The van der Waals surface area contributed by atoms with Gasteiger partial charge in [-0.2, -0.15) is 0 Å². The minimum Gasteiger partial charge on any atom is -0.478 e. The molecule has 5 aromatic rings. The third-order valence-electron chi connectivity index (χ3n) is 7.58. The van der Waals surface area contributed by atoms with E-state index >= 15 is 0 Å². The second kappa shape index (κ2) is 13.4. The van der Waals surface area contributed by atoms with Crippen molar-refractivity contribution >= 4 is 28.5 Å². The van der Waals surface area contributed by atoms with Crippen molar-refractivity contribution < 1.29 is 9.90 Å². The molecule has 0 radical (unpaired) electrons. The molecule has 0 saturated heterocycles. The minimum absolute atomic E-state index is 0.0867. The number of aromatic carboxylic acids is 1. The van der Waals surface area contributed by atoms with Crippen molar-refractivity contribution in [2.45, 2.75) is 25.4 Å². The van der Waals surface area contributed by atoms with E-state index in [9.17, 15) is 9.90 Å². The van der Waals surface area contributed by atoms with Crippen LogP contribution in [0, 0.1) is 0 Å². The van der Waals surface area contributed by atoms with Gasteiger partial charge in [0, 0.05) is 46.2 Å². The molecule has 0 amide bonds. The van der Waals surface area contributed by atoms with E-state index in [1.807, 2.05) is 36.4 Å². The molecule has 0 atom stereocenters. The molecule has 0 fully saturated rings. The number of aromatic nitrogens is 1. The molecule has 0 aliphatic rings. The van der Waals surface area contributed by atoms with Crippen LogP contribution in [-0.4, -0.2) is 40.7 Å². The van der Waals surface area contributed by atoms with Crippen LogP contribution in [0.15, 0.2) is 108 Å². The standard InChI is InChI=1S/C34H32ClN5O2/c1-39(23-24-12-14-27(15-13-24)34(41)42)21-19-29-30-22-28(35)16-17-31(30)40(32(29)18-20-37-38-36)33(25-8-4-2-5-9-25)26-10-6-3-7-11-26/h2-17,22,33H,18-21,23H2,1H3,(H,41,42). The molecule has 0 bridgehead atoms. The zero-order valence-electron chi connectivity index (χ0n) is 23.4. The molecule has 0 spiro atoms. The fourth-order valence-electron chi connectivity index (χ4n) is 5.66. The van der Waals surface area contributed by atoms with E-state index in [1.165, 1.54) is 5.56 Å². The molecule has 5 rings (SSSR count). The summed E-state index contributed by atoms with van der Waals surface area (Å²) in [6, 6.07) is 33.9. The Kier molecular flexibility index (Phi) is 9.25. The van der Waals surface area contributed by atoms with E-state index in [4.69, 9.17) is 17.1 Å². The first-order valence-corrected chi connectivity index (χ1v) is 14.3. The Balaban J connectivity index is 1.58. The lowest BCUT2D eigenvalue weighted by Gasteiger charge is -2.25. The van der Waals surface area contributed by atoms with E-state index in [1.54, 1.807) is 12.1 Å². The van der Waals surface area contributed by atoms with Crippen LogP contribution >= 0.6 is 11.6 Å². The number of carboxylic acids is 1. The Morgan fingerprint density at radius 1 is 0.952 bits per heavy atom. The zero-order valence-corrected chi connectivity index (χ0v) is 24.2. The maximum atomic E-state index is 11.2. The lowest BCUT2D eigenvalue weighted by Crippen LogP contribution is -2.22. The second-order valence-corrected chi connectivity index (χ2v) is 10.8. The van der Waals surface area contributed by atoms with Crippen molar-refractivity contribution in [2.75, 3.05) is 20.1 Å². The van der Waals surface area contributed by atoms with Gasteiger partial charge in [-0.05, 0) is 78.0 Å². The van der Waals surface area contributed by atoms with Crippen LogP contribution in [0.1, 0.15) is 44.3 Å². The number of hydrogen-bond acceptors (Lipinski definition) is 3. The summed E-state index contributed by atoms with van der Waals surface area (Å²) in [5, 5.41) is 14.9. The van der Waals surface area contributed by atoms with Gasteiger partial charge in [-0.25, -0.2) is 4.79 Å². The molecule has 0 aliphatic carbocycles. The monoisotopic (exact) mass is 577 g/mol. The molecular formula is C34H32ClN5O2. The molecule has 212 valence electrons. The number of likely N-dealkylation sites (N-methyl/N-ethyl adjacent to an activating group) is 1. The molecule has 0 saturated carbocycles. The van der Waals surface area contributed by atoms with E-state index in [0.717, 1.165) is 46.3 Å². The van der Waals surface area contributed by atoms with Crippen LogP contribution in [0.2, 0.25) is 5.02 Å². The highest BCUT2D eigenvalue weighted by molar-refractivity contribution is 6.31. The predicted molar refractivity (Wildman–Crippen MR) is 168 cm³/mol. The van der Waals surface area contributed by atoms with Crippen LogP contribution in [0.4, 0.5) is 0 Å². The Labute approximate surface area is 250 Å². The number of fused-ring (bicyclic) bond motifs is 1. The topological polar surface area (TPSA) is 94.2 Å². The van der Waals surface area contributed by atoms with Gasteiger partial charge in [0.05, 0.1) is 11.6 Å². The molecule has 1 aromatic heterocycles. The van der Waals surface area contributed by atoms with Crippen LogP contribution in [0.5, 0.6) is 0 Å². The Morgan fingerprint density at radius 2 is 1.60 bits per heavy atom.